The molecule has 2 saturated heterocycles. The molecule has 2 heterocycles. The topological polar surface area (TPSA) is 104 Å². The molecule has 0 aromatic heterocycles. The third kappa shape index (κ3) is 6.90. The zero-order valence-electron chi connectivity index (χ0n) is 19.6. The Morgan fingerprint density at radius 1 is 1.03 bits per heavy atom. The largest absolute Gasteiger partial charge is 0.490 e. The van der Waals surface area contributed by atoms with E-state index >= 15 is 0 Å². The lowest BCUT2D eigenvalue weighted by Gasteiger charge is -2.40. The smallest absolute Gasteiger partial charge is 0.475 e. The minimum absolute atomic E-state index is 0.0551. The number of amides is 1. The summed E-state index contributed by atoms with van der Waals surface area (Å²) in [6.45, 7) is 4.90. The highest BCUT2D eigenvalue weighted by molar-refractivity contribution is 7.92. The van der Waals surface area contributed by atoms with E-state index in [4.69, 9.17) is 9.90 Å². The standard InChI is InChI=1S/C20H27F3N2O3S.C2HF3O2/c1-19(2,29(27,28)16-6-3-5-15(13-16)20(21,22)23)14-8-11-25(12-9-14)18(26)17-7-4-10-24-17;3-2(4,5)1(6)7/h3,5-6,13-14,17,24H,4,7-12H2,1-2H3;(H,6,7)/t17-;/m0./s1. The first-order chi connectivity index (χ1) is 16.4. The quantitative estimate of drug-likeness (QED) is 0.556. The summed E-state index contributed by atoms with van der Waals surface area (Å²) in [4.78, 5) is 22.9. The lowest BCUT2D eigenvalue weighted by molar-refractivity contribution is -0.192. The normalized spacial score (nSPS) is 20.0. The van der Waals surface area contributed by atoms with Crippen LogP contribution >= 0.6 is 0 Å². The lowest BCUT2D eigenvalue weighted by atomic mass is 9.85. The van der Waals surface area contributed by atoms with E-state index in [1.165, 1.54) is 6.07 Å². The van der Waals surface area contributed by atoms with Crippen LogP contribution in [0, 0.1) is 5.92 Å². The summed E-state index contributed by atoms with van der Waals surface area (Å²) < 4.78 is 95.9. The van der Waals surface area contributed by atoms with E-state index in [0.29, 0.717) is 32.0 Å². The molecule has 0 saturated carbocycles. The Labute approximate surface area is 204 Å². The van der Waals surface area contributed by atoms with Crippen molar-refractivity contribution < 1.29 is 49.5 Å². The van der Waals surface area contributed by atoms with E-state index in [1.807, 2.05) is 0 Å². The van der Waals surface area contributed by atoms with Crippen molar-refractivity contribution in [2.45, 2.75) is 67.6 Å². The summed E-state index contributed by atoms with van der Waals surface area (Å²) in [6, 6.07) is 3.76. The van der Waals surface area contributed by atoms with Crippen LogP contribution in [0.4, 0.5) is 26.3 Å². The maximum absolute atomic E-state index is 13.2. The Bertz CT molecular complexity index is 1040. The number of aliphatic carboxylic acids is 1. The van der Waals surface area contributed by atoms with E-state index in [9.17, 15) is 39.6 Å². The van der Waals surface area contributed by atoms with Crippen LogP contribution in [0.5, 0.6) is 0 Å². The molecule has 0 radical (unpaired) electrons. The van der Waals surface area contributed by atoms with Crippen molar-refractivity contribution in [3.05, 3.63) is 29.8 Å². The highest BCUT2D eigenvalue weighted by atomic mass is 32.2. The summed E-state index contributed by atoms with van der Waals surface area (Å²) in [7, 11) is -3.99. The summed E-state index contributed by atoms with van der Waals surface area (Å²) in [5.41, 5.74) is -0.973. The molecule has 1 atom stereocenters. The number of carboxylic acid groups (broad SMARTS) is 1. The maximum atomic E-state index is 13.2. The van der Waals surface area contributed by atoms with Gasteiger partial charge in [0.25, 0.3) is 0 Å². The number of hydrogen-bond donors (Lipinski definition) is 2. The molecule has 1 aromatic carbocycles. The molecule has 0 aliphatic carbocycles. The molecule has 0 bridgehead atoms. The first-order valence-electron chi connectivity index (χ1n) is 11.1. The van der Waals surface area contributed by atoms with Crippen LogP contribution in [0.3, 0.4) is 0 Å². The molecule has 1 aromatic rings. The predicted molar refractivity (Wildman–Crippen MR) is 117 cm³/mol. The van der Waals surface area contributed by atoms with Crippen LogP contribution in [-0.4, -0.2) is 66.9 Å². The number of carbonyl (C=O) groups excluding carboxylic acids is 1. The molecule has 36 heavy (non-hydrogen) atoms. The van der Waals surface area contributed by atoms with Crippen LogP contribution in [0.15, 0.2) is 29.2 Å². The van der Waals surface area contributed by atoms with Gasteiger partial charge in [0, 0.05) is 13.1 Å². The number of benzene rings is 1. The molecule has 1 amide bonds. The Hall–Kier alpha value is -2.35. The van der Waals surface area contributed by atoms with Gasteiger partial charge in [-0.1, -0.05) is 6.07 Å². The Balaban J connectivity index is 0.000000572. The second kappa shape index (κ2) is 11.0. The summed E-state index contributed by atoms with van der Waals surface area (Å²) in [6.07, 6.45) is -6.90. The SMILES string of the molecule is CC(C)(C1CCN(C(=O)[C@@H]2CCCN2)CC1)S(=O)(=O)c1cccc(C(F)(F)F)c1.O=C(O)C(F)(F)F. The molecule has 204 valence electrons. The number of hydrogen-bond acceptors (Lipinski definition) is 5. The van der Waals surface area contributed by atoms with Gasteiger partial charge in [-0.15, -0.1) is 0 Å². The van der Waals surface area contributed by atoms with E-state index in [2.05, 4.69) is 5.32 Å². The fraction of sp³-hybridized carbons (Fsp3) is 0.636. The van der Waals surface area contributed by atoms with Crippen molar-refractivity contribution >= 4 is 21.7 Å². The zero-order chi connectivity index (χ0) is 27.5. The highest BCUT2D eigenvalue weighted by Crippen LogP contribution is 2.39. The second-order valence-corrected chi connectivity index (χ2v) is 11.7. The molecule has 2 N–H and O–H groups in total. The molecule has 0 unspecified atom stereocenters. The number of nitrogens with one attached hydrogen (secondary N) is 1. The number of nitrogens with zero attached hydrogens (tertiary/aromatic N) is 1. The number of piperidine rings is 1. The molecule has 3 rings (SSSR count). The molecule has 2 fully saturated rings. The van der Waals surface area contributed by atoms with Crippen LogP contribution in [0.25, 0.3) is 0 Å². The van der Waals surface area contributed by atoms with Crippen molar-refractivity contribution in [2.24, 2.45) is 5.92 Å². The monoisotopic (exact) mass is 546 g/mol. The molecule has 14 heteroatoms. The van der Waals surface area contributed by atoms with Crippen LogP contribution in [-0.2, 0) is 25.6 Å². The van der Waals surface area contributed by atoms with E-state index < -0.39 is 38.5 Å². The number of carboxylic acids is 1. The third-order valence-corrected chi connectivity index (χ3v) is 9.15. The van der Waals surface area contributed by atoms with Crippen LogP contribution in [0.2, 0.25) is 0 Å². The van der Waals surface area contributed by atoms with Gasteiger partial charge in [0.2, 0.25) is 5.91 Å². The van der Waals surface area contributed by atoms with Crippen molar-refractivity contribution in [1.82, 2.24) is 10.2 Å². The Morgan fingerprint density at radius 2 is 1.58 bits per heavy atom. The van der Waals surface area contributed by atoms with Gasteiger partial charge >= 0.3 is 18.3 Å². The number of carbonyl (C=O) groups is 2. The zero-order valence-corrected chi connectivity index (χ0v) is 20.4. The van der Waals surface area contributed by atoms with Gasteiger partial charge in [0.1, 0.15) is 0 Å². The molecular formula is C22H28F6N2O5S. The van der Waals surface area contributed by atoms with E-state index in [1.54, 1.807) is 18.7 Å². The summed E-state index contributed by atoms with van der Waals surface area (Å²) >= 11 is 0. The van der Waals surface area contributed by atoms with Crippen molar-refractivity contribution in [1.29, 1.82) is 0 Å². The number of halogens is 6. The van der Waals surface area contributed by atoms with Gasteiger partial charge in [0.05, 0.1) is 21.2 Å². The van der Waals surface area contributed by atoms with Gasteiger partial charge in [-0.3, -0.25) is 4.79 Å². The minimum atomic E-state index is -5.08. The van der Waals surface area contributed by atoms with Gasteiger partial charge in [0.15, 0.2) is 9.84 Å². The Morgan fingerprint density at radius 3 is 2.03 bits per heavy atom. The first-order valence-corrected chi connectivity index (χ1v) is 12.6. The molecule has 7 nitrogen and oxygen atoms in total. The van der Waals surface area contributed by atoms with Gasteiger partial charge in [-0.2, -0.15) is 26.3 Å². The molecule has 2 aliphatic heterocycles. The summed E-state index contributed by atoms with van der Waals surface area (Å²) in [5.74, 6) is -2.95. The predicted octanol–water partition coefficient (Wildman–Crippen LogP) is 3.88. The van der Waals surface area contributed by atoms with Gasteiger partial charge < -0.3 is 15.3 Å². The van der Waals surface area contributed by atoms with Crippen molar-refractivity contribution in [2.75, 3.05) is 19.6 Å². The average Bonchev–Trinajstić information content (AvgIpc) is 3.33. The maximum Gasteiger partial charge on any atom is 0.490 e. The van der Waals surface area contributed by atoms with E-state index in [0.717, 1.165) is 31.5 Å². The average molecular weight is 547 g/mol. The van der Waals surface area contributed by atoms with Crippen LogP contribution < -0.4 is 5.32 Å². The van der Waals surface area contributed by atoms with Gasteiger partial charge in [-0.05, 0) is 70.2 Å². The summed E-state index contributed by atoms with van der Waals surface area (Å²) in [5, 5.41) is 10.3. The van der Waals surface area contributed by atoms with Crippen LogP contribution in [0.1, 0.15) is 45.1 Å². The fourth-order valence-electron chi connectivity index (χ4n) is 4.27. The molecular weight excluding hydrogens is 518 g/mol. The Kier molecular flexibility index (Phi) is 9.09. The molecule has 0 spiro atoms. The number of sulfone groups is 1. The second-order valence-electron chi connectivity index (χ2n) is 9.18. The first kappa shape index (κ1) is 29.9. The fourth-order valence-corrected chi connectivity index (χ4v) is 6.10. The number of likely N-dealkylation sites (tertiary alicyclic amines) is 1. The van der Waals surface area contributed by atoms with Gasteiger partial charge in [-0.25, -0.2) is 13.2 Å². The third-order valence-electron chi connectivity index (χ3n) is 6.55. The minimum Gasteiger partial charge on any atom is -0.475 e. The van der Waals surface area contributed by atoms with E-state index in [-0.39, 0.29) is 22.8 Å². The number of alkyl halides is 6. The van der Waals surface area contributed by atoms with Crippen molar-refractivity contribution in [3.8, 4) is 0 Å². The molecule has 2 aliphatic rings. The van der Waals surface area contributed by atoms with Crippen molar-refractivity contribution in [3.63, 3.8) is 0 Å². The lowest BCUT2D eigenvalue weighted by Crippen LogP contribution is -2.51. The highest BCUT2D eigenvalue weighted by Gasteiger charge is 2.45. The number of rotatable bonds is 4.